The Hall–Kier alpha value is -2.52. The van der Waals surface area contributed by atoms with Crippen LogP contribution >= 0.6 is 0 Å². The van der Waals surface area contributed by atoms with E-state index in [-0.39, 0.29) is 61.5 Å². The highest BCUT2D eigenvalue weighted by Gasteiger charge is 2.22. The number of esters is 2. The van der Waals surface area contributed by atoms with Crippen molar-refractivity contribution in [1.29, 1.82) is 0 Å². The third-order valence-corrected chi connectivity index (χ3v) is 4.63. The topological polar surface area (TPSA) is 129 Å². The third-order valence-electron chi connectivity index (χ3n) is 4.63. The molecular formula is C23H42N2O8. The average molecular weight is 475 g/mol. The van der Waals surface area contributed by atoms with Crippen molar-refractivity contribution in [1.82, 2.24) is 10.6 Å². The maximum atomic E-state index is 11.8. The molecule has 2 N–H and O–H groups in total. The Labute approximate surface area is 197 Å². The lowest BCUT2D eigenvalue weighted by Crippen LogP contribution is -2.33. The number of hydrogen-bond acceptors (Lipinski definition) is 8. The van der Waals surface area contributed by atoms with Gasteiger partial charge < -0.3 is 29.6 Å². The van der Waals surface area contributed by atoms with Crippen LogP contribution in [0.25, 0.3) is 0 Å². The summed E-state index contributed by atoms with van der Waals surface area (Å²) >= 11 is 0. The van der Waals surface area contributed by atoms with Gasteiger partial charge in [-0.3, -0.25) is 9.59 Å². The summed E-state index contributed by atoms with van der Waals surface area (Å²) in [5.74, 6) is -0.904. The summed E-state index contributed by atoms with van der Waals surface area (Å²) in [6.45, 7) is 14.1. The molecule has 0 saturated heterocycles. The molecular weight excluding hydrogens is 432 g/mol. The van der Waals surface area contributed by atoms with E-state index in [1.807, 2.05) is 6.92 Å². The van der Waals surface area contributed by atoms with Gasteiger partial charge in [0, 0.05) is 13.1 Å². The van der Waals surface area contributed by atoms with Crippen molar-refractivity contribution in [2.24, 2.45) is 23.2 Å². The first-order chi connectivity index (χ1) is 15.3. The van der Waals surface area contributed by atoms with Crippen LogP contribution in [0.5, 0.6) is 0 Å². The molecule has 0 saturated carbocycles. The monoisotopic (exact) mass is 474 g/mol. The lowest BCUT2D eigenvalue weighted by molar-refractivity contribution is -0.149. The third kappa shape index (κ3) is 16.7. The molecule has 2 amide bonds. The molecule has 0 radical (unpaired) electrons. The highest BCUT2D eigenvalue weighted by Crippen LogP contribution is 2.28. The average Bonchev–Trinajstić information content (AvgIpc) is 2.71. The van der Waals surface area contributed by atoms with Crippen molar-refractivity contribution in [3.05, 3.63) is 0 Å². The Morgan fingerprint density at radius 3 is 1.58 bits per heavy atom. The van der Waals surface area contributed by atoms with E-state index in [0.29, 0.717) is 13.1 Å². The fourth-order valence-corrected chi connectivity index (χ4v) is 2.87. The van der Waals surface area contributed by atoms with Crippen LogP contribution in [0, 0.1) is 23.2 Å². The Morgan fingerprint density at radius 1 is 0.697 bits per heavy atom. The lowest BCUT2D eigenvalue weighted by atomic mass is 9.80. The van der Waals surface area contributed by atoms with Crippen molar-refractivity contribution in [2.45, 2.75) is 61.3 Å². The minimum absolute atomic E-state index is 0.00605. The standard InChI is InChI=1S/C23H42N2O8/c1-16(2)19(26)30-10-12-32-21(28)24-9-8-23(6,7)14-18(5)15-25-22(29)33-13-11-31-20(27)17(3)4/h16-18H,8-15H2,1-7H3,(H,24,28)(H,25,29). The molecule has 0 bridgehead atoms. The van der Waals surface area contributed by atoms with Crippen LogP contribution in [0.4, 0.5) is 9.59 Å². The number of ether oxygens (including phenoxy) is 4. The van der Waals surface area contributed by atoms with Crippen LogP contribution in [0.15, 0.2) is 0 Å². The molecule has 0 heterocycles. The number of carbonyl (C=O) groups excluding carboxylic acids is 4. The first-order valence-corrected chi connectivity index (χ1v) is 11.5. The number of amides is 2. The van der Waals surface area contributed by atoms with Crippen LogP contribution in [0.1, 0.15) is 61.3 Å². The van der Waals surface area contributed by atoms with Crippen molar-refractivity contribution >= 4 is 24.1 Å². The van der Waals surface area contributed by atoms with Crippen molar-refractivity contribution < 1.29 is 38.1 Å². The zero-order valence-electron chi connectivity index (χ0n) is 21.2. The minimum Gasteiger partial charge on any atom is -0.462 e. The number of nitrogens with one attached hydrogen (secondary N) is 2. The van der Waals surface area contributed by atoms with Crippen LogP contribution in [-0.2, 0) is 28.5 Å². The van der Waals surface area contributed by atoms with E-state index in [1.54, 1.807) is 27.7 Å². The summed E-state index contributed by atoms with van der Waals surface area (Å²) in [5, 5.41) is 5.40. The second-order valence-electron chi connectivity index (χ2n) is 9.45. The summed E-state index contributed by atoms with van der Waals surface area (Å²) in [6.07, 6.45) is 0.438. The molecule has 10 heteroatoms. The van der Waals surface area contributed by atoms with Crippen LogP contribution in [-0.4, -0.2) is 63.6 Å². The van der Waals surface area contributed by atoms with Gasteiger partial charge in [0.25, 0.3) is 0 Å². The molecule has 0 aliphatic heterocycles. The van der Waals surface area contributed by atoms with Gasteiger partial charge in [-0.1, -0.05) is 48.5 Å². The van der Waals surface area contributed by atoms with E-state index in [2.05, 4.69) is 24.5 Å². The summed E-state index contributed by atoms with van der Waals surface area (Å²) in [4.78, 5) is 46.1. The van der Waals surface area contributed by atoms with E-state index in [1.165, 1.54) is 0 Å². The van der Waals surface area contributed by atoms with Gasteiger partial charge in [0.1, 0.15) is 26.4 Å². The molecule has 0 aromatic heterocycles. The summed E-state index contributed by atoms with van der Waals surface area (Å²) in [5.41, 5.74) is -0.0733. The Morgan fingerprint density at radius 2 is 1.12 bits per heavy atom. The second-order valence-corrected chi connectivity index (χ2v) is 9.45. The number of alkyl carbamates (subject to hydrolysis) is 2. The molecule has 0 aromatic carbocycles. The molecule has 0 aliphatic carbocycles. The molecule has 1 unspecified atom stereocenters. The van der Waals surface area contributed by atoms with Gasteiger partial charge in [-0.25, -0.2) is 9.59 Å². The SMILES string of the molecule is CC(CNC(=O)OCCOC(=O)C(C)C)CC(C)(C)CCNC(=O)OCCOC(=O)C(C)C. The molecule has 0 spiro atoms. The lowest BCUT2D eigenvalue weighted by Gasteiger charge is -2.28. The first-order valence-electron chi connectivity index (χ1n) is 11.5. The van der Waals surface area contributed by atoms with Gasteiger partial charge in [-0.05, 0) is 24.2 Å². The normalized spacial score (nSPS) is 12.2. The number of rotatable bonds is 15. The summed E-state index contributed by atoms with van der Waals surface area (Å²) < 4.78 is 19.9. The van der Waals surface area contributed by atoms with E-state index < -0.39 is 12.2 Å². The van der Waals surface area contributed by atoms with Crippen LogP contribution < -0.4 is 10.6 Å². The van der Waals surface area contributed by atoms with Gasteiger partial charge in [-0.15, -0.1) is 0 Å². The van der Waals surface area contributed by atoms with E-state index in [4.69, 9.17) is 18.9 Å². The van der Waals surface area contributed by atoms with Gasteiger partial charge in [0.05, 0.1) is 11.8 Å². The van der Waals surface area contributed by atoms with E-state index >= 15 is 0 Å². The molecule has 192 valence electrons. The zero-order chi connectivity index (χ0) is 25.4. The van der Waals surface area contributed by atoms with Crippen molar-refractivity contribution in [3.63, 3.8) is 0 Å². The first kappa shape index (κ1) is 30.5. The van der Waals surface area contributed by atoms with Crippen molar-refractivity contribution in [3.8, 4) is 0 Å². The molecule has 10 nitrogen and oxygen atoms in total. The van der Waals surface area contributed by atoms with Gasteiger partial charge >= 0.3 is 24.1 Å². The Balaban J connectivity index is 3.95. The highest BCUT2D eigenvalue weighted by molar-refractivity contribution is 5.72. The molecule has 0 rings (SSSR count). The largest absolute Gasteiger partial charge is 0.462 e. The number of hydrogen-bond donors (Lipinski definition) is 2. The van der Waals surface area contributed by atoms with Gasteiger partial charge in [0.15, 0.2) is 0 Å². The van der Waals surface area contributed by atoms with Crippen LogP contribution in [0.3, 0.4) is 0 Å². The Kier molecular flexibility index (Phi) is 14.9. The fraction of sp³-hybridized carbons (Fsp3) is 0.826. The predicted octanol–water partition coefficient (Wildman–Crippen LogP) is 3.28. The predicted molar refractivity (Wildman–Crippen MR) is 122 cm³/mol. The molecule has 0 aliphatic rings. The van der Waals surface area contributed by atoms with E-state index in [9.17, 15) is 19.2 Å². The zero-order valence-corrected chi connectivity index (χ0v) is 21.2. The minimum atomic E-state index is -0.553. The van der Waals surface area contributed by atoms with Gasteiger partial charge in [0.2, 0.25) is 0 Å². The molecule has 0 aromatic rings. The molecule has 0 fully saturated rings. The fourth-order valence-electron chi connectivity index (χ4n) is 2.87. The van der Waals surface area contributed by atoms with Gasteiger partial charge in [-0.2, -0.15) is 0 Å². The maximum absolute atomic E-state index is 11.8. The van der Waals surface area contributed by atoms with Crippen LogP contribution in [0.2, 0.25) is 0 Å². The smallest absolute Gasteiger partial charge is 0.407 e. The number of carbonyl (C=O) groups is 4. The maximum Gasteiger partial charge on any atom is 0.407 e. The summed E-state index contributed by atoms with van der Waals surface area (Å²) in [7, 11) is 0. The highest BCUT2D eigenvalue weighted by atomic mass is 16.6. The van der Waals surface area contributed by atoms with Crippen molar-refractivity contribution in [2.75, 3.05) is 39.5 Å². The molecule has 1 atom stereocenters. The quantitative estimate of drug-likeness (QED) is 0.210. The second kappa shape index (κ2) is 16.1. The summed E-state index contributed by atoms with van der Waals surface area (Å²) in [6, 6.07) is 0. The Bertz CT molecular complexity index is 620. The molecule has 33 heavy (non-hydrogen) atoms. The van der Waals surface area contributed by atoms with E-state index in [0.717, 1.165) is 12.8 Å².